The van der Waals surface area contributed by atoms with Crippen LogP contribution < -0.4 is 0 Å². The second-order valence-corrected chi connectivity index (χ2v) is 19.8. The summed E-state index contributed by atoms with van der Waals surface area (Å²) in [5.74, 6) is 1.40. The Balaban J connectivity index is 2.21. The van der Waals surface area contributed by atoms with Crippen LogP contribution in [0.25, 0.3) is 0 Å². The first-order chi connectivity index (χ1) is 9.66. The second-order valence-electron chi connectivity index (χ2n) is 7.70. The average Bonchev–Trinajstić information content (AvgIpc) is 2.76. The topological polar surface area (TPSA) is 27.7 Å². The van der Waals surface area contributed by atoms with Crippen LogP contribution in [0.4, 0.5) is 0 Å². The van der Waals surface area contributed by atoms with E-state index in [2.05, 4.69) is 39.3 Å². The van der Waals surface area contributed by atoms with Crippen molar-refractivity contribution in [3.63, 3.8) is 0 Å². The minimum Gasteiger partial charge on any atom is -0.398 e. The molecule has 0 amide bonds. The van der Waals surface area contributed by atoms with Gasteiger partial charge in [0.1, 0.15) is 11.3 Å². The molecule has 0 radical (unpaired) electrons. The van der Waals surface area contributed by atoms with Crippen LogP contribution in [-0.4, -0.2) is 49.9 Å². The molecule has 1 heterocycles. The minimum atomic E-state index is -1.51. The summed E-state index contributed by atoms with van der Waals surface area (Å²) >= 11 is 1.97. The van der Waals surface area contributed by atoms with E-state index in [9.17, 15) is 0 Å². The van der Waals surface area contributed by atoms with E-state index in [1.807, 2.05) is 11.8 Å². The molecule has 0 aliphatic carbocycles. The summed E-state index contributed by atoms with van der Waals surface area (Å²) in [5, 5.41) is 0. The predicted octanol–water partition coefficient (Wildman–Crippen LogP) is 3.82. The van der Waals surface area contributed by atoms with Gasteiger partial charge in [0.15, 0.2) is 16.6 Å². The summed E-state index contributed by atoms with van der Waals surface area (Å²) in [7, 11) is -3.36. The van der Waals surface area contributed by atoms with Crippen LogP contribution in [-0.2, 0) is 13.6 Å². The van der Waals surface area contributed by atoms with E-state index in [-0.39, 0.29) is 15.4 Å². The van der Waals surface area contributed by atoms with Gasteiger partial charge in [-0.2, -0.15) is 0 Å². The first-order valence-corrected chi connectivity index (χ1v) is 17.9. The quantitative estimate of drug-likeness (QED) is 0.334. The van der Waals surface area contributed by atoms with Gasteiger partial charge in [-0.3, -0.25) is 0 Å². The summed E-state index contributed by atoms with van der Waals surface area (Å²) in [6.45, 7) is 14.4. The van der Waals surface area contributed by atoms with Gasteiger partial charge in [0, 0.05) is 6.61 Å². The van der Waals surface area contributed by atoms with Crippen molar-refractivity contribution in [1.29, 1.82) is 0 Å². The molecule has 1 atom stereocenters. The van der Waals surface area contributed by atoms with Crippen molar-refractivity contribution < 1.29 is 13.6 Å². The molecular weight excluding hydrogens is 332 g/mol. The molecule has 0 aromatic heterocycles. The van der Waals surface area contributed by atoms with Gasteiger partial charge in [-0.15, -0.1) is 11.8 Å². The fraction of sp³-hybridized carbons (Fsp3) is 1.00. The molecule has 1 aliphatic rings. The number of hydrogen-bond donors (Lipinski definition) is 0. The highest BCUT2D eigenvalue weighted by Gasteiger charge is 2.26. The number of thioether (sulfide) groups is 1. The van der Waals surface area contributed by atoms with Crippen LogP contribution >= 0.6 is 11.8 Å². The van der Waals surface area contributed by atoms with Crippen LogP contribution in [0.3, 0.4) is 0 Å². The Labute approximate surface area is 140 Å². The summed E-state index contributed by atoms with van der Waals surface area (Å²) in [6, 6.07) is 1.26. The molecule has 7 heteroatoms. The highest BCUT2D eigenvalue weighted by Crippen LogP contribution is 2.27. The number of ether oxygens (including phenoxy) is 1. The fourth-order valence-corrected chi connectivity index (χ4v) is 9.90. The van der Waals surface area contributed by atoms with Crippen molar-refractivity contribution in [2.45, 2.75) is 75.9 Å². The molecule has 0 spiro atoms. The Hall–Kier alpha value is 0.881. The molecule has 0 aromatic rings. The van der Waals surface area contributed by atoms with Crippen LogP contribution in [0, 0.1) is 0 Å². The van der Waals surface area contributed by atoms with E-state index in [1.165, 1.54) is 31.1 Å². The summed E-state index contributed by atoms with van der Waals surface area (Å²) < 4.78 is 18.4. The van der Waals surface area contributed by atoms with E-state index >= 15 is 0 Å². The van der Waals surface area contributed by atoms with Gasteiger partial charge in [0.2, 0.25) is 0 Å². The molecule has 1 unspecified atom stereocenters. The van der Waals surface area contributed by atoms with E-state index in [4.69, 9.17) is 13.6 Å². The Morgan fingerprint density at radius 3 is 2.19 bits per heavy atom. The Bertz CT molecular complexity index is 270. The van der Waals surface area contributed by atoms with Crippen molar-refractivity contribution in [1.82, 2.24) is 0 Å². The molecule has 1 fully saturated rings. The molecule has 1 rings (SSSR count). The predicted molar refractivity (Wildman–Crippen MR) is 102 cm³/mol. The third-order valence-corrected chi connectivity index (χ3v) is 8.58. The van der Waals surface area contributed by atoms with Gasteiger partial charge in [-0.1, -0.05) is 6.04 Å². The van der Waals surface area contributed by atoms with Gasteiger partial charge < -0.3 is 13.6 Å². The summed E-state index contributed by atoms with van der Waals surface area (Å²) in [5.41, 5.74) is 0.471. The zero-order valence-electron chi connectivity index (χ0n) is 14.7. The zero-order chi connectivity index (χ0) is 15.9. The third-order valence-electron chi connectivity index (χ3n) is 3.00. The number of rotatable bonds is 10. The van der Waals surface area contributed by atoms with Gasteiger partial charge in [-0.25, -0.2) is 0 Å². The van der Waals surface area contributed by atoms with E-state index in [0.29, 0.717) is 5.44 Å². The lowest BCUT2D eigenvalue weighted by Gasteiger charge is -2.31. The van der Waals surface area contributed by atoms with Gasteiger partial charge in [0.25, 0.3) is 0 Å². The monoisotopic (exact) mass is 366 g/mol. The molecule has 0 N–H and O–H groups in total. The SMILES string of the molecule is C[Si](C)(C)OC(O[Si](C)(C)C)[SiH2]CCCOC1CCCS1. The largest absolute Gasteiger partial charge is 0.398 e. The maximum Gasteiger partial charge on any atom is 0.186 e. The first kappa shape index (κ1) is 19.9. The van der Waals surface area contributed by atoms with Crippen LogP contribution in [0.2, 0.25) is 45.3 Å². The fourth-order valence-electron chi connectivity index (χ4n) is 2.24. The van der Waals surface area contributed by atoms with E-state index in [1.54, 1.807) is 0 Å². The highest BCUT2D eigenvalue weighted by molar-refractivity contribution is 8.00. The maximum atomic E-state index is 6.26. The Morgan fingerprint density at radius 2 is 1.71 bits per heavy atom. The van der Waals surface area contributed by atoms with Crippen molar-refractivity contribution >= 4 is 37.9 Å². The van der Waals surface area contributed by atoms with Crippen molar-refractivity contribution in [2.24, 2.45) is 0 Å². The summed E-state index contributed by atoms with van der Waals surface area (Å²) in [4.78, 5) is 0. The van der Waals surface area contributed by atoms with E-state index in [0.717, 1.165) is 6.61 Å². The molecule has 0 saturated carbocycles. The third kappa shape index (κ3) is 11.1. The molecule has 3 nitrogen and oxygen atoms in total. The Morgan fingerprint density at radius 1 is 1.10 bits per heavy atom. The normalized spacial score (nSPS) is 21.0. The molecule has 1 saturated heterocycles. The van der Waals surface area contributed by atoms with Crippen LogP contribution in [0.15, 0.2) is 0 Å². The molecule has 21 heavy (non-hydrogen) atoms. The first-order valence-electron chi connectivity index (χ1n) is 8.24. The lowest BCUT2D eigenvalue weighted by molar-refractivity contribution is 0.0599. The van der Waals surface area contributed by atoms with Crippen molar-refractivity contribution in [3.05, 3.63) is 0 Å². The van der Waals surface area contributed by atoms with Gasteiger partial charge >= 0.3 is 0 Å². The van der Waals surface area contributed by atoms with Crippen LogP contribution in [0.5, 0.6) is 0 Å². The average molecular weight is 367 g/mol. The van der Waals surface area contributed by atoms with E-state index < -0.39 is 16.6 Å². The molecule has 126 valence electrons. The number of hydrogen-bond acceptors (Lipinski definition) is 4. The van der Waals surface area contributed by atoms with Crippen molar-refractivity contribution in [2.75, 3.05) is 12.4 Å². The molecule has 1 aliphatic heterocycles. The zero-order valence-corrected chi connectivity index (χ0v) is 19.0. The smallest absolute Gasteiger partial charge is 0.186 e. The summed E-state index contributed by atoms with van der Waals surface area (Å²) in [6.07, 6.45) is 3.73. The standard InChI is InChI=1S/C14H34O3SSi3/c1-20(2,3)16-14(17-21(4,5)6)19-12-8-10-15-13-9-7-11-18-13/h13-14H,7-12,19H2,1-6H3. The maximum absolute atomic E-state index is 6.26. The second kappa shape index (κ2) is 9.24. The molecular formula is C14H34O3SSi3. The minimum absolute atomic E-state index is 0.129. The van der Waals surface area contributed by atoms with Crippen LogP contribution in [0.1, 0.15) is 19.3 Å². The lowest BCUT2D eigenvalue weighted by atomic mass is 10.4. The Kier molecular flexibility index (Phi) is 8.77. The van der Waals surface area contributed by atoms with Gasteiger partial charge in [0.05, 0.1) is 9.52 Å². The van der Waals surface area contributed by atoms with Gasteiger partial charge in [-0.05, 0) is 64.3 Å². The molecule has 0 aromatic carbocycles. The highest BCUT2D eigenvalue weighted by atomic mass is 32.2. The molecule has 0 bridgehead atoms. The van der Waals surface area contributed by atoms with Crippen molar-refractivity contribution in [3.8, 4) is 0 Å². The lowest BCUT2D eigenvalue weighted by Crippen LogP contribution is -2.43.